The van der Waals surface area contributed by atoms with Crippen molar-refractivity contribution < 1.29 is 110 Å². The molecule has 0 unspecified atom stereocenters. The molecule has 25 heteroatoms. The Morgan fingerprint density at radius 2 is 0.459 bits per heavy atom. The monoisotopic (exact) mass is 909 g/mol. The maximum absolute atomic E-state index is 16.1. The third-order valence-electron chi connectivity index (χ3n) is 9.11. The molecule has 0 atom stereocenters. The summed E-state index contributed by atoms with van der Waals surface area (Å²) in [6, 6.07) is 0. The molecule has 0 heterocycles. The zero-order valence-electron chi connectivity index (χ0n) is 27.7. The molecule has 61 heavy (non-hydrogen) atoms. The van der Waals surface area contributed by atoms with Crippen LogP contribution in [0.3, 0.4) is 0 Å². The van der Waals surface area contributed by atoms with Crippen molar-refractivity contribution in [2.24, 2.45) is 0 Å². The fraction of sp³-hybridized carbons (Fsp3) is 0.0556. The highest BCUT2D eigenvalue weighted by Crippen LogP contribution is 2.61. The maximum atomic E-state index is 16.1. The summed E-state index contributed by atoms with van der Waals surface area (Å²) in [4.78, 5) is 0. The first-order chi connectivity index (χ1) is 28.2. The van der Waals surface area contributed by atoms with Gasteiger partial charge in [0.2, 0.25) is 29.1 Å². The molecule has 0 amide bonds. The SMILES string of the molecule is Fc1c(F)c(F)c(C2=[C]CC(c3c(F)c(F)c(F)c(F)c3F)(c3c(F)c(F)c(F)c(F)c3F)C(c3c(F)c(F)c(F)c(F)c3F)=C2c2c(F)c(F)c(F)c(F)c2F)c(F)c1F. The lowest BCUT2D eigenvalue weighted by Gasteiger charge is -2.42. The van der Waals surface area contributed by atoms with E-state index in [1.807, 2.05) is 0 Å². The van der Waals surface area contributed by atoms with Crippen LogP contribution >= 0.6 is 0 Å². The van der Waals surface area contributed by atoms with Crippen LogP contribution in [0.1, 0.15) is 34.2 Å². The Balaban J connectivity index is 2.17. The van der Waals surface area contributed by atoms with Gasteiger partial charge in [-0.05, 0) is 23.6 Å². The zero-order valence-corrected chi connectivity index (χ0v) is 27.7. The highest BCUT2D eigenvalue weighted by atomic mass is 19.2. The summed E-state index contributed by atoms with van der Waals surface area (Å²) < 4.78 is 381. The first kappa shape index (κ1) is 44.4. The molecule has 5 aromatic carbocycles. The van der Waals surface area contributed by atoms with Crippen molar-refractivity contribution >= 4 is 16.7 Å². The molecule has 0 bridgehead atoms. The number of rotatable bonds is 5. The Morgan fingerprint density at radius 3 is 0.738 bits per heavy atom. The van der Waals surface area contributed by atoms with E-state index >= 15 is 70.2 Å². The summed E-state index contributed by atoms with van der Waals surface area (Å²) in [6.45, 7) is 0. The Hall–Kier alpha value is -6.17. The molecule has 0 fully saturated rings. The van der Waals surface area contributed by atoms with Crippen molar-refractivity contribution in [1.82, 2.24) is 0 Å². The first-order valence-corrected chi connectivity index (χ1v) is 15.2. The van der Waals surface area contributed by atoms with Crippen LogP contribution in [0, 0.1) is 152 Å². The number of hydrogen-bond donors (Lipinski definition) is 0. The second-order valence-electron chi connectivity index (χ2n) is 12.1. The van der Waals surface area contributed by atoms with Crippen LogP contribution in [-0.2, 0) is 5.41 Å². The zero-order chi connectivity index (χ0) is 46.0. The van der Waals surface area contributed by atoms with Crippen LogP contribution in [0.15, 0.2) is 0 Å². The first-order valence-electron chi connectivity index (χ1n) is 15.2. The molecule has 0 aromatic heterocycles. The lowest BCUT2D eigenvalue weighted by Crippen LogP contribution is -2.39. The van der Waals surface area contributed by atoms with Crippen molar-refractivity contribution in [1.29, 1.82) is 0 Å². The molecule has 1 radical (unpaired) electrons. The van der Waals surface area contributed by atoms with Crippen LogP contribution in [0.2, 0.25) is 0 Å². The van der Waals surface area contributed by atoms with Gasteiger partial charge in [-0.3, -0.25) is 0 Å². The predicted octanol–water partition coefficient (Wildman–Crippen LogP) is 12.4. The second-order valence-corrected chi connectivity index (χ2v) is 12.1. The van der Waals surface area contributed by atoms with E-state index in [4.69, 9.17) is 0 Å². The van der Waals surface area contributed by atoms with E-state index in [1.54, 1.807) is 0 Å². The number of benzene rings is 5. The lowest BCUT2D eigenvalue weighted by molar-refractivity contribution is 0.339. The second kappa shape index (κ2) is 14.8. The van der Waals surface area contributed by atoms with E-state index in [-0.39, 0.29) is 0 Å². The quantitative estimate of drug-likeness (QED) is 0.0936. The molecule has 0 spiro atoms. The molecular weight excluding hydrogens is 907 g/mol. The van der Waals surface area contributed by atoms with Crippen molar-refractivity contribution in [3.8, 4) is 0 Å². The molecule has 0 saturated carbocycles. The molecule has 0 aliphatic heterocycles. The Labute approximate surface area is 318 Å². The van der Waals surface area contributed by atoms with E-state index in [0.717, 1.165) is 6.08 Å². The summed E-state index contributed by atoms with van der Waals surface area (Å²) in [6.07, 6.45) is -1.95. The predicted molar refractivity (Wildman–Crippen MR) is 150 cm³/mol. The maximum Gasteiger partial charge on any atom is 0.200 e. The van der Waals surface area contributed by atoms with Crippen LogP contribution in [0.25, 0.3) is 16.7 Å². The molecule has 0 nitrogen and oxygen atoms in total. The van der Waals surface area contributed by atoms with Gasteiger partial charge in [0.25, 0.3) is 0 Å². The van der Waals surface area contributed by atoms with Gasteiger partial charge in [-0.1, -0.05) is 0 Å². The number of hydrogen-bond acceptors (Lipinski definition) is 0. The van der Waals surface area contributed by atoms with Gasteiger partial charge in [0.15, 0.2) is 116 Å². The van der Waals surface area contributed by atoms with Crippen molar-refractivity contribution in [2.45, 2.75) is 11.8 Å². The summed E-state index contributed by atoms with van der Waals surface area (Å²) >= 11 is 0. The van der Waals surface area contributed by atoms with Crippen molar-refractivity contribution in [3.05, 3.63) is 179 Å². The standard InChI is InChI=1S/C36H2F25/c37-11-5(12(38)22(48)31(57)21(11)47)3-1-2-36(9-17(43)27(53)34(60)28(54)18(9)44,10-19(45)29(55)35(61)30(56)20(10)46)8(7-15(41)25(51)33(59)26(52)16(7)42)4(3)6-13(39)23(49)32(58)24(50)14(6)40/h2H2. The molecule has 1 aliphatic rings. The summed E-state index contributed by atoms with van der Waals surface area (Å²) in [5, 5.41) is 0. The van der Waals surface area contributed by atoms with E-state index < -0.39 is 202 Å². The smallest absolute Gasteiger partial charge is 0.200 e. The minimum absolute atomic E-state index is 1.03. The van der Waals surface area contributed by atoms with E-state index in [0.29, 0.717) is 0 Å². The average Bonchev–Trinajstić information content (AvgIpc) is 3.23. The molecule has 6 rings (SSSR count). The van der Waals surface area contributed by atoms with Crippen molar-refractivity contribution in [2.75, 3.05) is 0 Å². The van der Waals surface area contributed by atoms with Gasteiger partial charge in [0.05, 0.1) is 22.1 Å². The van der Waals surface area contributed by atoms with Crippen LogP contribution in [0.5, 0.6) is 0 Å². The topological polar surface area (TPSA) is 0 Å². The van der Waals surface area contributed by atoms with Crippen molar-refractivity contribution in [3.63, 3.8) is 0 Å². The summed E-state index contributed by atoms with van der Waals surface area (Å²) in [5.74, 6) is -87.2. The fourth-order valence-corrected chi connectivity index (χ4v) is 6.52. The largest absolute Gasteiger partial charge is 0.203 e. The van der Waals surface area contributed by atoms with Gasteiger partial charge < -0.3 is 0 Å². The normalized spacial score (nSPS) is 14.1. The van der Waals surface area contributed by atoms with E-state index in [9.17, 15) is 39.5 Å². The number of halogens is 25. The van der Waals surface area contributed by atoms with Gasteiger partial charge in [0.1, 0.15) is 0 Å². The van der Waals surface area contributed by atoms with E-state index in [2.05, 4.69) is 0 Å². The summed E-state index contributed by atoms with van der Waals surface area (Å²) in [7, 11) is 0. The van der Waals surface area contributed by atoms with Gasteiger partial charge in [-0.25, -0.2) is 110 Å². The van der Waals surface area contributed by atoms with Gasteiger partial charge in [-0.2, -0.15) is 0 Å². The third-order valence-corrected chi connectivity index (χ3v) is 9.11. The molecule has 5 aromatic rings. The molecule has 1 aliphatic carbocycles. The minimum atomic E-state index is -5.48. The molecule has 0 saturated heterocycles. The van der Waals surface area contributed by atoms with Crippen LogP contribution < -0.4 is 0 Å². The van der Waals surface area contributed by atoms with Gasteiger partial charge in [0, 0.05) is 16.7 Å². The molecule has 0 N–H and O–H groups in total. The molecular formula is C36H2F25. The summed E-state index contributed by atoms with van der Waals surface area (Å²) in [5.41, 5.74) is -31.2. The lowest BCUT2D eigenvalue weighted by atomic mass is 9.58. The third kappa shape index (κ3) is 5.81. The highest BCUT2D eigenvalue weighted by molar-refractivity contribution is 6.18. The number of allylic oxidation sites excluding steroid dienone is 4. The Bertz CT molecular complexity index is 2670. The van der Waals surface area contributed by atoms with Gasteiger partial charge in [-0.15, -0.1) is 0 Å². The minimum Gasteiger partial charge on any atom is -0.203 e. The van der Waals surface area contributed by atoms with E-state index in [1.165, 1.54) is 0 Å². The Kier molecular flexibility index (Phi) is 10.8. The molecule has 321 valence electrons. The average molecular weight is 909 g/mol. The fourth-order valence-electron chi connectivity index (χ4n) is 6.52. The highest BCUT2D eigenvalue weighted by Gasteiger charge is 2.56. The van der Waals surface area contributed by atoms with Crippen LogP contribution in [-0.4, -0.2) is 0 Å². The Morgan fingerprint density at radius 1 is 0.246 bits per heavy atom. The van der Waals surface area contributed by atoms with Crippen LogP contribution in [0.4, 0.5) is 110 Å². The van der Waals surface area contributed by atoms with Gasteiger partial charge >= 0.3 is 0 Å².